The number of carbonyl (C=O) groups excluding carboxylic acids is 2. The van der Waals surface area contributed by atoms with Crippen molar-refractivity contribution in [3.05, 3.63) is 10.5 Å². The van der Waals surface area contributed by atoms with E-state index in [1.165, 1.54) is 0 Å². The molecule has 2 rings (SSSR count). The molecule has 0 spiro atoms. The van der Waals surface area contributed by atoms with Crippen molar-refractivity contribution in [2.24, 2.45) is 15.9 Å². The van der Waals surface area contributed by atoms with Crippen LogP contribution in [0.25, 0.3) is 0 Å². The number of rotatable bonds is 6. The number of ether oxygens (including phenoxy) is 1. The van der Waals surface area contributed by atoms with Gasteiger partial charge in [0.15, 0.2) is 9.84 Å². The Labute approximate surface area is 141 Å². The maximum absolute atomic E-state index is 12.2. The first kappa shape index (κ1) is 18.3. The van der Waals surface area contributed by atoms with E-state index in [0.717, 1.165) is 11.8 Å². The number of fused-ring (bicyclic) bond motifs is 1. The van der Waals surface area contributed by atoms with Crippen LogP contribution in [0.15, 0.2) is 20.5 Å². The zero-order chi connectivity index (χ0) is 18.1. The van der Waals surface area contributed by atoms with Gasteiger partial charge in [0.05, 0.1) is 16.6 Å². The standard InChI is InChI=1S/C13H14N2O7S2/c1-3-22-13(19)10-6(2)9-11(18)14-7(15-12(9)23-10)4-24(20,21)5-8(16)17/h9H,3-5H2,1-2H3,(H,16,17). The summed E-state index contributed by atoms with van der Waals surface area (Å²) in [7, 11) is -3.99. The Bertz CT molecular complexity index is 808. The van der Waals surface area contributed by atoms with Crippen molar-refractivity contribution in [2.75, 3.05) is 18.1 Å². The summed E-state index contributed by atoms with van der Waals surface area (Å²) in [5.41, 5.74) is 0.457. The van der Waals surface area contributed by atoms with Crippen LogP contribution in [0.5, 0.6) is 0 Å². The van der Waals surface area contributed by atoms with Gasteiger partial charge in [-0.25, -0.2) is 18.2 Å². The van der Waals surface area contributed by atoms with Gasteiger partial charge in [-0.3, -0.25) is 9.59 Å². The summed E-state index contributed by atoms with van der Waals surface area (Å²) in [6.07, 6.45) is 0. The summed E-state index contributed by atoms with van der Waals surface area (Å²) in [4.78, 5) is 42.4. The number of amides is 1. The van der Waals surface area contributed by atoms with Gasteiger partial charge in [0, 0.05) is 0 Å². The van der Waals surface area contributed by atoms with Gasteiger partial charge in [-0.15, -0.1) is 0 Å². The van der Waals surface area contributed by atoms with E-state index in [4.69, 9.17) is 9.84 Å². The minimum absolute atomic E-state index is 0.177. The van der Waals surface area contributed by atoms with Crippen molar-refractivity contribution in [3.8, 4) is 0 Å². The molecule has 1 unspecified atom stereocenters. The van der Waals surface area contributed by atoms with E-state index >= 15 is 0 Å². The molecule has 1 atom stereocenters. The molecular weight excluding hydrogens is 360 g/mol. The number of amidine groups is 1. The highest BCUT2D eigenvalue weighted by Gasteiger charge is 2.41. The average Bonchev–Trinajstić information content (AvgIpc) is 2.74. The largest absolute Gasteiger partial charge is 0.480 e. The number of aliphatic carboxylic acids is 1. The summed E-state index contributed by atoms with van der Waals surface area (Å²) < 4.78 is 28.3. The number of carboxylic acid groups (broad SMARTS) is 1. The van der Waals surface area contributed by atoms with E-state index in [1.807, 2.05) is 0 Å². The van der Waals surface area contributed by atoms with Crippen LogP contribution in [0.3, 0.4) is 0 Å². The molecule has 2 aliphatic rings. The number of esters is 1. The lowest BCUT2D eigenvalue weighted by atomic mass is 10.00. The van der Waals surface area contributed by atoms with E-state index < -0.39 is 45.1 Å². The molecule has 0 radical (unpaired) electrons. The van der Waals surface area contributed by atoms with Gasteiger partial charge in [0.2, 0.25) is 0 Å². The topological polar surface area (TPSA) is 140 Å². The number of hydrogen-bond donors (Lipinski definition) is 1. The van der Waals surface area contributed by atoms with E-state index in [-0.39, 0.29) is 22.4 Å². The SMILES string of the molecule is CCOC(=O)C1=C(C)C2C(=O)N=C(CS(=O)(=O)CC(=O)O)N=C2S1. The molecule has 0 saturated carbocycles. The Kier molecular flexibility index (Phi) is 5.23. The summed E-state index contributed by atoms with van der Waals surface area (Å²) in [5.74, 6) is -5.64. The first-order chi connectivity index (χ1) is 11.1. The predicted molar refractivity (Wildman–Crippen MR) is 86.6 cm³/mol. The minimum atomic E-state index is -3.99. The number of nitrogens with zero attached hydrogens (tertiary/aromatic N) is 2. The van der Waals surface area contributed by atoms with Crippen molar-refractivity contribution in [2.45, 2.75) is 13.8 Å². The minimum Gasteiger partial charge on any atom is -0.480 e. The van der Waals surface area contributed by atoms with Crippen LogP contribution in [0.4, 0.5) is 0 Å². The zero-order valence-corrected chi connectivity index (χ0v) is 14.4. The second-order valence-corrected chi connectivity index (χ2v) is 8.11. The molecule has 2 aliphatic heterocycles. The number of thioether (sulfide) groups is 1. The highest BCUT2D eigenvalue weighted by molar-refractivity contribution is 8.18. The number of hydrogen-bond acceptors (Lipinski definition) is 8. The maximum Gasteiger partial charge on any atom is 0.344 e. The predicted octanol–water partition coefficient (Wildman–Crippen LogP) is 0.0231. The molecule has 1 amide bonds. The second-order valence-electron chi connectivity index (χ2n) is 5.01. The Morgan fingerprint density at radius 2 is 2.00 bits per heavy atom. The molecule has 0 bridgehead atoms. The smallest absolute Gasteiger partial charge is 0.344 e. The van der Waals surface area contributed by atoms with Crippen molar-refractivity contribution in [1.29, 1.82) is 0 Å². The molecule has 2 heterocycles. The van der Waals surface area contributed by atoms with E-state index in [1.54, 1.807) is 13.8 Å². The quantitative estimate of drug-likeness (QED) is 0.642. The lowest BCUT2D eigenvalue weighted by Gasteiger charge is -2.14. The molecule has 9 nitrogen and oxygen atoms in total. The Balaban J connectivity index is 2.24. The van der Waals surface area contributed by atoms with Crippen LogP contribution in [-0.4, -0.2) is 60.4 Å². The van der Waals surface area contributed by atoms with Gasteiger partial charge in [-0.1, -0.05) is 11.8 Å². The van der Waals surface area contributed by atoms with E-state index in [2.05, 4.69) is 9.98 Å². The summed E-state index contributed by atoms with van der Waals surface area (Å²) in [5, 5.41) is 8.82. The highest BCUT2D eigenvalue weighted by atomic mass is 32.2. The first-order valence-electron chi connectivity index (χ1n) is 6.82. The molecule has 1 N–H and O–H groups in total. The monoisotopic (exact) mass is 374 g/mol. The molecule has 0 saturated heterocycles. The highest BCUT2D eigenvalue weighted by Crippen LogP contribution is 2.41. The molecule has 11 heteroatoms. The average molecular weight is 374 g/mol. The maximum atomic E-state index is 12.2. The fraction of sp³-hybridized carbons (Fsp3) is 0.462. The molecule has 0 aromatic carbocycles. The van der Waals surface area contributed by atoms with Gasteiger partial charge in [0.25, 0.3) is 5.91 Å². The van der Waals surface area contributed by atoms with Gasteiger partial charge < -0.3 is 9.84 Å². The normalized spacial score (nSPS) is 20.4. The number of carbonyl (C=O) groups is 3. The third-order valence-electron chi connectivity index (χ3n) is 3.12. The van der Waals surface area contributed by atoms with Crippen LogP contribution < -0.4 is 0 Å². The third kappa shape index (κ3) is 3.90. The summed E-state index contributed by atoms with van der Waals surface area (Å²) >= 11 is 0.940. The van der Waals surface area contributed by atoms with Gasteiger partial charge in [-0.2, -0.15) is 4.99 Å². The fourth-order valence-corrected chi connectivity index (χ4v) is 4.36. The van der Waals surface area contributed by atoms with Crippen LogP contribution in [-0.2, 0) is 29.0 Å². The molecule has 0 aromatic heterocycles. The van der Waals surface area contributed by atoms with Crippen LogP contribution >= 0.6 is 11.8 Å². The molecule has 0 aliphatic carbocycles. The van der Waals surface area contributed by atoms with Crippen molar-refractivity contribution < 1.29 is 32.6 Å². The molecular formula is C13H14N2O7S2. The summed E-state index contributed by atoms with van der Waals surface area (Å²) in [6, 6.07) is 0. The molecule has 130 valence electrons. The molecule has 24 heavy (non-hydrogen) atoms. The van der Waals surface area contributed by atoms with E-state index in [0.29, 0.717) is 5.57 Å². The Morgan fingerprint density at radius 1 is 1.33 bits per heavy atom. The second kappa shape index (κ2) is 6.85. The Hall–Kier alpha value is -2.01. The van der Waals surface area contributed by atoms with Crippen LogP contribution in [0, 0.1) is 5.92 Å². The fourth-order valence-electron chi connectivity index (χ4n) is 2.18. The van der Waals surface area contributed by atoms with Crippen molar-refractivity contribution in [1.82, 2.24) is 0 Å². The summed E-state index contributed by atoms with van der Waals surface area (Å²) in [6.45, 7) is 3.42. The van der Waals surface area contributed by atoms with E-state index in [9.17, 15) is 22.8 Å². The lowest BCUT2D eigenvalue weighted by Crippen LogP contribution is -2.29. The van der Waals surface area contributed by atoms with Crippen molar-refractivity contribution in [3.63, 3.8) is 0 Å². The van der Waals surface area contributed by atoms with Crippen LogP contribution in [0.1, 0.15) is 13.8 Å². The number of carboxylic acids is 1. The Morgan fingerprint density at radius 3 is 2.58 bits per heavy atom. The van der Waals surface area contributed by atoms with Gasteiger partial charge >= 0.3 is 11.9 Å². The molecule has 0 aromatic rings. The lowest BCUT2D eigenvalue weighted by molar-refractivity contribution is -0.137. The zero-order valence-electron chi connectivity index (χ0n) is 12.8. The van der Waals surface area contributed by atoms with Gasteiger partial charge in [-0.05, 0) is 19.4 Å². The molecule has 0 fully saturated rings. The number of aliphatic imine (C=N–C) groups is 2. The number of sulfone groups is 1. The first-order valence-corrected chi connectivity index (χ1v) is 9.46. The van der Waals surface area contributed by atoms with Gasteiger partial charge in [0.1, 0.15) is 23.3 Å². The third-order valence-corrected chi connectivity index (χ3v) is 5.74. The van der Waals surface area contributed by atoms with Crippen molar-refractivity contribution >= 4 is 50.3 Å². The van der Waals surface area contributed by atoms with Crippen LogP contribution in [0.2, 0.25) is 0 Å².